The topological polar surface area (TPSA) is 75.4 Å². The zero-order valence-electron chi connectivity index (χ0n) is 13.7. The number of carbonyl (C=O) groups is 2. The van der Waals surface area contributed by atoms with Crippen LogP contribution in [0.1, 0.15) is 54.4 Å². The number of nitrogens with one attached hydrogen (secondary N) is 1. The summed E-state index contributed by atoms with van der Waals surface area (Å²) in [6.07, 6.45) is 7.07. The lowest BCUT2D eigenvalue weighted by molar-refractivity contribution is -0.132. The molecule has 1 aromatic carbocycles. The van der Waals surface area contributed by atoms with Crippen LogP contribution >= 0.6 is 0 Å². The van der Waals surface area contributed by atoms with Gasteiger partial charge in [0.25, 0.3) is 0 Å². The van der Waals surface area contributed by atoms with Crippen LogP contribution in [0.3, 0.4) is 0 Å². The largest absolute Gasteiger partial charge is 0.376 e. The van der Waals surface area contributed by atoms with Crippen molar-refractivity contribution in [3.63, 3.8) is 0 Å². The molecule has 23 heavy (non-hydrogen) atoms. The van der Waals surface area contributed by atoms with Crippen molar-refractivity contribution >= 4 is 17.5 Å². The lowest BCUT2D eigenvalue weighted by Crippen LogP contribution is -2.43. The quantitative estimate of drug-likeness (QED) is 0.846. The number of rotatable bonds is 6. The summed E-state index contributed by atoms with van der Waals surface area (Å²) >= 11 is 0. The monoisotopic (exact) mass is 315 g/mol. The number of primary amides is 1. The van der Waals surface area contributed by atoms with E-state index in [0.29, 0.717) is 24.2 Å². The molecule has 124 valence electrons. The molecule has 2 saturated carbocycles. The number of hydrogen-bond donors (Lipinski definition) is 2. The SMILES string of the molecule is Cc1cc(NCC(=O)N(C2CCCC2)C2CC2)ccc1C(N)=O. The van der Waals surface area contributed by atoms with Gasteiger partial charge in [-0.25, -0.2) is 0 Å². The third kappa shape index (κ3) is 3.66. The predicted molar refractivity (Wildman–Crippen MR) is 90.3 cm³/mol. The highest BCUT2D eigenvalue weighted by molar-refractivity contribution is 5.94. The van der Waals surface area contributed by atoms with Gasteiger partial charge in [-0.1, -0.05) is 12.8 Å². The van der Waals surface area contributed by atoms with Crippen molar-refractivity contribution in [2.24, 2.45) is 5.73 Å². The van der Waals surface area contributed by atoms with E-state index in [-0.39, 0.29) is 5.91 Å². The first-order valence-electron chi connectivity index (χ1n) is 8.52. The van der Waals surface area contributed by atoms with Crippen molar-refractivity contribution in [2.45, 2.75) is 57.5 Å². The third-order valence-electron chi connectivity index (χ3n) is 4.88. The maximum Gasteiger partial charge on any atom is 0.248 e. The van der Waals surface area contributed by atoms with Crippen molar-refractivity contribution in [3.05, 3.63) is 29.3 Å². The number of hydrogen-bond acceptors (Lipinski definition) is 3. The maximum atomic E-state index is 12.6. The molecule has 0 unspecified atom stereocenters. The van der Waals surface area contributed by atoms with Gasteiger partial charge in [-0.3, -0.25) is 9.59 Å². The van der Waals surface area contributed by atoms with Crippen LogP contribution in [0.4, 0.5) is 5.69 Å². The van der Waals surface area contributed by atoms with Gasteiger partial charge in [-0.15, -0.1) is 0 Å². The number of aryl methyl sites for hydroxylation is 1. The van der Waals surface area contributed by atoms with Crippen LogP contribution in [-0.2, 0) is 4.79 Å². The summed E-state index contributed by atoms with van der Waals surface area (Å²) < 4.78 is 0. The van der Waals surface area contributed by atoms with Crippen molar-refractivity contribution in [3.8, 4) is 0 Å². The summed E-state index contributed by atoms with van der Waals surface area (Å²) in [6.45, 7) is 2.16. The lowest BCUT2D eigenvalue weighted by Gasteiger charge is -2.29. The van der Waals surface area contributed by atoms with Crippen molar-refractivity contribution < 1.29 is 9.59 Å². The highest BCUT2D eigenvalue weighted by Gasteiger charge is 2.37. The standard InChI is InChI=1S/C18H25N3O2/c1-12-10-13(6-9-16(12)18(19)23)20-11-17(22)21(15-7-8-15)14-4-2-3-5-14/h6,9-10,14-15,20H,2-5,7-8,11H2,1H3,(H2,19,23). The summed E-state index contributed by atoms with van der Waals surface area (Å²) in [5, 5.41) is 3.19. The fourth-order valence-electron chi connectivity index (χ4n) is 3.56. The third-order valence-corrected chi connectivity index (χ3v) is 4.88. The number of anilines is 1. The van der Waals surface area contributed by atoms with Crippen LogP contribution < -0.4 is 11.1 Å². The van der Waals surface area contributed by atoms with Gasteiger partial charge < -0.3 is 16.0 Å². The fraction of sp³-hybridized carbons (Fsp3) is 0.556. The van der Waals surface area contributed by atoms with E-state index in [4.69, 9.17) is 5.73 Å². The molecule has 3 N–H and O–H groups in total. The smallest absolute Gasteiger partial charge is 0.248 e. The Morgan fingerprint density at radius 3 is 2.39 bits per heavy atom. The first kappa shape index (κ1) is 15.8. The minimum atomic E-state index is -0.425. The number of carbonyl (C=O) groups excluding carboxylic acids is 2. The molecule has 0 aromatic heterocycles. The van der Waals surface area contributed by atoms with Gasteiger partial charge in [-0.05, 0) is 56.4 Å². The van der Waals surface area contributed by atoms with Gasteiger partial charge in [0.15, 0.2) is 0 Å². The average Bonchev–Trinajstić information content (AvgIpc) is 3.19. The molecule has 0 radical (unpaired) electrons. The maximum absolute atomic E-state index is 12.6. The number of nitrogens with two attached hydrogens (primary N) is 1. The molecule has 0 aliphatic heterocycles. The molecule has 2 aliphatic rings. The Balaban J connectivity index is 1.61. The van der Waals surface area contributed by atoms with E-state index < -0.39 is 5.91 Å². The zero-order chi connectivity index (χ0) is 16.4. The summed E-state index contributed by atoms with van der Waals surface area (Å²) in [7, 11) is 0. The van der Waals surface area contributed by atoms with Gasteiger partial charge in [0.2, 0.25) is 11.8 Å². The Kier molecular flexibility index (Phi) is 4.55. The van der Waals surface area contributed by atoms with Crippen LogP contribution in [0.2, 0.25) is 0 Å². The average molecular weight is 315 g/mol. The van der Waals surface area contributed by atoms with Crippen LogP contribution in [0.25, 0.3) is 0 Å². The van der Waals surface area contributed by atoms with E-state index in [2.05, 4.69) is 10.2 Å². The Labute approximate surface area is 137 Å². The molecule has 2 amide bonds. The molecule has 3 rings (SSSR count). The molecule has 2 aliphatic carbocycles. The number of amides is 2. The summed E-state index contributed by atoms with van der Waals surface area (Å²) in [5.41, 5.74) is 7.51. The van der Waals surface area contributed by atoms with Crippen LogP contribution in [0.5, 0.6) is 0 Å². The van der Waals surface area contributed by atoms with Crippen LogP contribution in [0, 0.1) is 6.92 Å². The van der Waals surface area contributed by atoms with Gasteiger partial charge in [0, 0.05) is 23.3 Å². The molecule has 0 atom stereocenters. The molecule has 5 nitrogen and oxygen atoms in total. The molecule has 2 fully saturated rings. The van der Waals surface area contributed by atoms with Crippen molar-refractivity contribution in [2.75, 3.05) is 11.9 Å². The molecule has 0 saturated heterocycles. The van der Waals surface area contributed by atoms with E-state index in [1.807, 2.05) is 13.0 Å². The van der Waals surface area contributed by atoms with Crippen molar-refractivity contribution in [1.82, 2.24) is 4.90 Å². The van der Waals surface area contributed by atoms with Crippen LogP contribution in [0.15, 0.2) is 18.2 Å². The second kappa shape index (κ2) is 6.60. The van der Waals surface area contributed by atoms with E-state index in [1.165, 1.54) is 12.8 Å². The predicted octanol–water partition coefficient (Wildman–Crippen LogP) is 2.44. The van der Waals surface area contributed by atoms with Crippen LogP contribution in [-0.4, -0.2) is 35.3 Å². The Morgan fingerprint density at radius 1 is 1.17 bits per heavy atom. The minimum absolute atomic E-state index is 0.191. The highest BCUT2D eigenvalue weighted by atomic mass is 16.2. The fourth-order valence-corrected chi connectivity index (χ4v) is 3.56. The Hall–Kier alpha value is -2.04. The van der Waals surface area contributed by atoms with E-state index in [0.717, 1.165) is 36.9 Å². The first-order chi connectivity index (χ1) is 11.1. The zero-order valence-corrected chi connectivity index (χ0v) is 13.7. The lowest BCUT2D eigenvalue weighted by atomic mass is 10.1. The number of benzene rings is 1. The molecular formula is C18H25N3O2. The Morgan fingerprint density at radius 2 is 1.83 bits per heavy atom. The van der Waals surface area contributed by atoms with E-state index in [9.17, 15) is 9.59 Å². The summed E-state index contributed by atoms with van der Waals surface area (Å²) in [5.74, 6) is -0.234. The molecule has 0 heterocycles. The minimum Gasteiger partial charge on any atom is -0.376 e. The van der Waals surface area contributed by atoms with Gasteiger partial charge in [0.1, 0.15) is 0 Å². The second-order valence-electron chi connectivity index (χ2n) is 6.72. The Bertz CT molecular complexity index is 604. The molecule has 0 bridgehead atoms. The van der Waals surface area contributed by atoms with Gasteiger partial charge >= 0.3 is 0 Å². The second-order valence-corrected chi connectivity index (χ2v) is 6.72. The van der Waals surface area contributed by atoms with Gasteiger partial charge in [0.05, 0.1) is 6.54 Å². The first-order valence-corrected chi connectivity index (χ1v) is 8.52. The molecule has 5 heteroatoms. The van der Waals surface area contributed by atoms with Gasteiger partial charge in [-0.2, -0.15) is 0 Å². The summed E-state index contributed by atoms with van der Waals surface area (Å²) in [4.78, 5) is 26.0. The number of nitrogens with zero attached hydrogens (tertiary/aromatic N) is 1. The van der Waals surface area contributed by atoms with Crippen molar-refractivity contribution in [1.29, 1.82) is 0 Å². The molecule has 1 aromatic rings. The molecular weight excluding hydrogens is 290 g/mol. The molecule has 0 spiro atoms. The van der Waals surface area contributed by atoms with E-state index >= 15 is 0 Å². The normalized spacial score (nSPS) is 18.0. The van der Waals surface area contributed by atoms with E-state index in [1.54, 1.807) is 12.1 Å². The highest BCUT2D eigenvalue weighted by Crippen LogP contribution is 2.34. The summed E-state index contributed by atoms with van der Waals surface area (Å²) in [6, 6.07) is 6.28.